The third kappa shape index (κ3) is 3.09. The zero-order valence-electron chi connectivity index (χ0n) is 23.4. The molecule has 0 atom stereocenters. The van der Waals surface area contributed by atoms with Crippen LogP contribution in [0.15, 0.2) is 132 Å². The summed E-state index contributed by atoms with van der Waals surface area (Å²) in [4.78, 5) is 4.99. The molecule has 8 aromatic rings. The molecule has 0 saturated carbocycles. The van der Waals surface area contributed by atoms with Gasteiger partial charge in [-0.2, -0.15) is 4.98 Å². The standard InChI is InChI=1S/C38H27N3O/c1-38(2)31-12-6-3-9-27(31)28-20-17-25(23-32(28)38)35-36(40-21-22-42-37(40)39-35)24-15-18-26(19-16-24)41-33-13-7-4-10-29(33)30-11-5-8-14-34(30)41/h3-23H,1-2H3. The summed E-state index contributed by atoms with van der Waals surface area (Å²) >= 11 is 0. The van der Waals surface area contributed by atoms with E-state index < -0.39 is 0 Å². The van der Waals surface area contributed by atoms with E-state index in [-0.39, 0.29) is 5.41 Å². The van der Waals surface area contributed by atoms with Gasteiger partial charge in [-0.25, -0.2) is 0 Å². The second-order valence-electron chi connectivity index (χ2n) is 11.7. The first-order valence-corrected chi connectivity index (χ1v) is 14.4. The molecule has 0 unspecified atom stereocenters. The van der Waals surface area contributed by atoms with Crippen LogP contribution in [0.3, 0.4) is 0 Å². The minimum absolute atomic E-state index is 0.0784. The maximum absolute atomic E-state index is 5.79. The van der Waals surface area contributed by atoms with Crippen LogP contribution in [0, 0.1) is 0 Å². The lowest BCUT2D eigenvalue weighted by atomic mass is 9.82. The number of rotatable bonds is 3. The fourth-order valence-electron chi connectivity index (χ4n) is 7.08. The molecule has 0 N–H and O–H groups in total. The van der Waals surface area contributed by atoms with Gasteiger partial charge in [-0.05, 0) is 52.6 Å². The molecule has 42 heavy (non-hydrogen) atoms. The van der Waals surface area contributed by atoms with Crippen LogP contribution in [0.4, 0.5) is 0 Å². The van der Waals surface area contributed by atoms with Crippen LogP contribution < -0.4 is 0 Å². The van der Waals surface area contributed by atoms with E-state index in [1.54, 1.807) is 6.26 Å². The normalized spacial score (nSPS) is 13.7. The lowest BCUT2D eigenvalue weighted by Gasteiger charge is -2.21. The summed E-state index contributed by atoms with van der Waals surface area (Å²) in [7, 11) is 0. The lowest BCUT2D eigenvalue weighted by molar-refractivity contribution is 0.596. The SMILES string of the molecule is CC1(C)c2ccccc2-c2ccc(-c3nc4occn4c3-c3ccc(-n4c5ccccc5c5ccccc54)cc3)cc21. The molecule has 3 heterocycles. The van der Waals surface area contributed by atoms with Gasteiger partial charge in [0.25, 0.3) is 0 Å². The number of imidazole rings is 1. The first-order valence-electron chi connectivity index (χ1n) is 14.4. The second kappa shape index (κ2) is 8.34. The minimum Gasteiger partial charge on any atom is -0.432 e. The van der Waals surface area contributed by atoms with Crippen LogP contribution in [0.2, 0.25) is 0 Å². The van der Waals surface area contributed by atoms with Crippen LogP contribution in [0.25, 0.3) is 67.0 Å². The quantitative estimate of drug-likeness (QED) is 0.223. The zero-order chi connectivity index (χ0) is 28.0. The molecular weight excluding hydrogens is 514 g/mol. The van der Waals surface area contributed by atoms with Crippen molar-refractivity contribution >= 4 is 27.6 Å². The average molecular weight is 542 g/mol. The Morgan fingerprint density at radius 1 is 0.643 bits per heavy atom. The molecule has 4 nitrogen and oxygen atoms in total. The van der Waals surface area contributed by atoms with Gasteiger partial charge in [-0.3, -0.25) is 4.40 Å². The molecule has 0 fully saturated rings. The maximum atomic E-state index is 5.79. The molecule has 0 bridgehead atoms. The predicted molar refractivity (Wildman–Crippen MR) is 170 cm³/mol. The van der Waals surface area contributed by atoms with E-state index in [2.05, 4.69) is 138 Å². The Labute approximate surface area is 243 Å². The molecule has 0 radical (unpaired) electrons. The summed E-state index contributed by atoms with van der Waals surface area (Å²) in [6.45, 7) is 4.63. The van der Waals surface area contributed by atoms with Crippen molar-refractivity contribution in [2.75, 3.05) is 0 Å². The Morgan fingerprint density at radius 3 is 2.05 bits per heavy atom. The third-order valence-corrected chi connectivity index (χ3v) is 9.10. The fraction of sp³-hybridized carbons (Fsp3) is 0.0789. The number of aromatic nitrogens is 3. The van der Waals surface area contributed by atoms with E-state index in [1.165, 1.54) is 44.1 Å². The fourth-order valence-corrected chi connectivity index (χ4v) is 7.08. The number of fused-ring (bicyclic) bond motifs is 7. The van der Waals surface area contributed by atoms with E-state index in [0.717, 1.165) is 28.2 Å². The highest BCUT2D eigenvalue weighted by Gasteiger charge is 2.35. The van der Waals surface area contributed by atoms with Crippen molar-refractivity contribution in [2.45, 2.75) is 19.3 Å². The Morgan fingerprint density at radius 2 is 1.29 bits per heavy atom. The number of benzene rings is 5. The Balaban J connectivity index is 1.20. The van der Waals surface area contributed by atoms with Gasteiger partial charge in [-0.15, -0.1) is 0 Å². The number of hydrogen-bond donors (Lipinski definition) is 0. The predicted octanol–water partition coefficient (Wildman–Crippen LogP) is 9.66. The van der Waals surface area contributed by atoms with E-state index in [9.17, 15) is 0 Å². The number of nitrogens with zero attached hydrogens (tertiary/aromatic N) is 3. The van der Waals surface area contributed by atoms with Gasteiger partial charge in [0.1, 0.15) is 12.0 Å². The van der Waals surface area contributed by atoms with Crippen LogP contribution >= 0.6 is 0 Å². The van der Waals surface area contributed by atoms with E-state index in [0.29, 0.717) is 5.84 Å². The van der Waals surface area contributed by atoms with Gasteiger partial charge in [0.2, 0.25) is 0 Å². The van der Waals surface area contributed by atoms with Gasteiger partial charge in [0, 0.05) is 39.2 Å². The average Bonchev–Trinajstić information content (AvgIpc) is 3.77. The van der Waals surface area contributed by atoms with E-state index in [4.69, 9.17) is 9.40 Å². The molecule has 1 aliphatic carbocycles. The Kier molecular flexibility index (Phi) is 4.64. The first-order chi connectivity index (χ1) is 20.6. The Bertz CT molecular complexity index is 2280. The largest absolute Gasteiger partial charge is 0.432 e. The lowest BCUT2D eigenvalue weighted by Crippen LogP contribution is -2.14. The Hall–Kier alpha value is -5.35. The molecular formula is C38H27N3O. The summed E-state index contributed by atoms with van der Waals surface area (Å²) in [6, 6.07) is 41.6. The molecule has 0 aliphatic heterocycles. The smallest absolute Gasteiger partial charge is 0.306 e. The summed E-state index contributed by atoms with van der Waals surface area (Å²) in [5.41, 5.74) is 12.9. The van der Waals surface area contributed by atoms with Crippen molar-refractivity contribution in [3.05, 3.63) is 139 Å². The first kappa shape index (κ1) is 23.4. The van der Waals surface area contributed by atoms with Gasteiger partial charge >= 0.3 is 5.84 Å². The summed E-state index contributed by atoms with van der Waals surface area (Å²) in [5.74, 6) is 0.592. The molecule has 3 aromatic heterocycles. The van der Waals surface area contributed by atoms with E-state index in [1.807, 2.05) is 6.20 Å². The molecule has 200 valence electrons. The molecule has 0 spiro atoms. The van der Waals surface area contributed by atoms with Crippen molar-refractivity contribution in [3.63, 3.8) is 0 Å². The molecule has 0 saturated heterocycles. The minimum atomic E-state index is -0.0784. The van der Waals surface area contributed by atoms with Crippen LogP contribution in [-0.2, 0) is 5.41 Å². The number of para-hydroxylation sites is 2. The van der Waals surface area contributed by atoms with Crippen molar-refractivity contribution in [1.29, 1.82) is 0 Å². The van der Waals surface area contributed by atoms with Crippen LogP contribution in [0.1, 0.15) is 25.0 Å². The highest BCUT2D eigenvalue weighted by molar-refractivity contribution is 6.09. The van der Waals surface area contributed by atoms with Gasteiger partial charge in [0.15, 0.2) is 0 Å². The zero-order valence-corrected chi connectivity index (χ0v) is 23.4. The van der Waals surface area contributed by atoms with Crippen molar-refractivity contribution in [3.8, 4) is 39.3 Å². The van der Waals surface area contributed by atoms with Gasteiger partial charge < -0.3 is 8.98 Å². The number of hydrogen-bond acceptors (Lipinski definition) is 2. The topological polar surface area (TPSA) is 35.4 Å². The van der Waals surface area contributed by atoms with Gasteiger partial charge in [-0.1, -0.05) is 98.8 Å². The number of oxazole rings is 1. The molecule has 5 aromatic carbocycles. The van der Waals surface area contributed by atoms with Crippen LogP contribution in [-0.4, -0.2) is 14.0 Å². The second-order valence-corrected chi connectivity index (χ2v) is 11.7. The summed E-state index contributed by atoms with van der Waals surface area (Å²) < 4.78 is 10.2. The van der Waals surface area contributed by atoms with E-state index >= 15 is 0 Å². The monoisotopic (exact) mass is 541 g/mol. The molecule has 4 heteroatoms. The molecule has 1 aliphatic rings. The summed E-state index contributed by atoms with van der Waals surface area (Å²) in [6.07, 6.45) is 3.65. The van der Waals surface area contributed by atoms with Crippen molar-refractivity contribution in [2.24, 2.45) is 0 Å². The molecule has 9 rings (SSSR count). The highest BCUT2D eigenvalue weighted by Crippen LogP contribution is 2.50. The van der Waals surface area contributed by atoms with Crippen molar-refractivity contribution < 1.29 is 4.42 Å². The third-order valence-electron chi connectivity index (χ3n) is 9.10. The van der Waals surface area contributed by atoms with Gasteiger partial charge in [0.05, 0.1) is 16.7 Å². The highest BCUT2D eigenvalue weighted by atomic mass is 16.3. The van der Waals surface area contributed by atoms with Crippen LogP contribution in [0.5, 0.6) is 0 Å². The maximum Gasteiger partial charge on any atom is 0.306 e. The van der Waals surface area contributed by atoms with Crippen molar-refractivity contribution in [1.82, 2.24) is 14.0 Å². The molecule has 0 amide bonds. The summed E-state index contributed by atoms with van der Waals surface area (Å²) in [5, 5.41) is 2.52.